The summed E-state index contributed by atoms with van der Waals surface area (Å²) < 4.78 is 0. The van der Waals surface area contributed by atoms with Gasteiger partial charge in [0, 0.05) is 31.7 Å². The van der Waals surface area contributed by atoms with Crippen molar-refractivity contribution in [3.8, 4) is 0 Å². The van der Waals surface area contributed by atoms with Gasteiger partial charge in [-0.05, 0) is 52.7 Å². The molecule has 0 bridgehead atoms. The van der Waals surface area contributed by atoms with Gasteiger partial charge in [-0.25, -0.2) is 0 Å². The molecule has 1 atom stereocenters. The summed E-state index contributed by atoms with van der Waals surface area (Å²) in [6, 6.07) is 1.62. The van der Waals surface area contributed by atoms with Crippen LogP contribution in [-0.4, -0.2) is 61.7 Å². The first-order valence-corrected chi connectivity index (χ1v) is 7.41. The first-order chi connectivity index (χ1) is 8.25. The summed E-state index contributed by atoms with van der Waals surface area (Å²) in [5.74, 6) is 0. The van der Waals surface area contributed by atoms with Crippen molar-refractivity contribution in [3.05, 3.63) is 0 Å². The molecule has 1 saturated heterocycles. The average molecular weight is 239 g/mol. The van der Waals surface area contributed by atoms with Crippen molar-refractivity contribution in [2.24, 2.45) is 0 Å². The fraction of sp³-hybridized carbons (Fsp3) is 1.00. The van der Waals surface area contributed by atoms with Crippen LogP contribution >= 0.6 is 0 Å². The molecule has 0 aromatic carbocycles. The standard InChI is InChI=1S/C14H29N3/c1-13-12-17(11-10-16(13)2)9-5-3-4-8-15-14-6-7-14/h13-15H,3-12H2,1-2H3. The smallest absolute Gasteiger partial charge is 0.0192 e. The average Bonchev–Trinajstić information content (AvgIpc) is 3.12. The largest absolute Gasteiger partial charge is 0.314 e. The summed E-state index contributed by atoms with van der Waals surface area (Å²) in [6.45, 7) is 8.65. The highest BCUT2D eigenvalue weighted by atomic mass is 15.3. The lowest BCUT2D eigenvalue weighted by atomic mass is 10.1. The van der Waals surface area contributed by atoms with Crippen LogP contribution in [0.25, 0.3) is 0 Å². The number of likely N-dealkylation sites (N-methyl/N-ethyl adjacent to an activating group) is 1. The molecule has 0 radical (unpaired) electrons. The number of piperazine rings is 1. The van der Waals surface area contributed by atoms with Gasteiger partial charge in [0.05, 0.1) is 0 Å². The van der Waals surface area contributed by atoms with E-state index < -0.39 is 0 Å². The first kappa shape index (κ1) is 13.3. The van der Waals surface area contributed by atoms with Gasteiger partial charge in [-0.1, -0.05) is 6.42 Å². The van der Waals surface area contributed by atoms with Crippen LogP contribution in [0, 0.1) is 0 Å². The lowest BCUT2D eigenvalue weighted by Gasteiger charge is -2.37. The van der Waals surface area contributed by atoms with Crippen molar-refractivity contribution in [2.45, 2.75) is 51.1 Å². The van der Waals surface area contributed by atoms with Crippen molar-refractivity contribution in [1.29, 1.82) is 0 Å². The monoisotopic (exact) mass is 239 g/mol. The van der Waals surface area contributed by atoms with E-state index in [4.69, 9.17) is 0 Å². The zero-order valence-electron chi connectivity index (χ0n) is 11.6. The van der Waals surface area contributed by atoms with Gasteiger partial charge < -0.3 is 15.1 Å². The van der Waals surface area contributed by atoms with Crippen LogP contribution in [0.3, 0.4) is 0 Å². The second-order valence-electron chi connectivity index (χ2n) is 5.92. The molecule has 2 rings (SSSR count). The number of rotatable bonds is 7. The van der Waals surface area contributed by atoms with Crippen LogP contribution in [0.5, 0.6) is 0 Å². The van der Waals surface area contributed by atoms with E-state index in [0.29, 0.717) is 0 Å². The van der Waals surface area contributed by atoms with Crippen molar-refractivity contribution in [1.82, 2.24) is 15.1 Å². The van der Waals surface area contributed by atoms with Gasteiger partial charge in [-0.2, -0.15) is 0 Å². The van der Waals surface area contributed by atoms with Crippen molar-refractivity contribution >= 4 is 0 Å². The molecule has 1 aliphatic heterocycles. The maximum Gasteiger partial charge on any atom is 0.0192 e. The summed E-state index contributed by atoms with van der Waals surface area (Å²) >= 11 is 0. The predicted molar refractivity (Wildman–Crippen MR) is 73.4 cm³/mol. The molecule has 3 nitrogen and oxygen atoms in total. The Labute approximate surface area is 107 Å². The molecule has 0 spiro atoms. The van der Waals surface area contributed by atoms with Gasteiger partial charge in [-0.15, -0.1) is 0 Å². The zero-order chi connectivity index (χ0) is 12.1. The first-order valence-electron chi connectivity index (χ1n) is 7.41. The number of nitrogens with one attached hydrogen (secondary N) is 1. The summed E-state index contributed by atoms with van der Waals surface area (Å²) in [5, 5.41) is 3.59. The maximum atomic E-state index is 3.59. The van der Waals surface area contributed by atoms with E-state index >= 15 is 0 Å². The van der Waals surface area contributed by atoms with Gasteiger partial charge >= 0.3 is 0 Å². The molecule has 0 aromatic heterocycles. The topological polar surface area (TPSA) is 18.5 Å². The van der Waals surface area contributed by atoms with Gasteiger partial charge in [0.15, 0.2) is 0 Å². The summed E-state index contributed by atoms with van der Waals surface area (Å²) in [7, 11) is 2.24. The van der Waals surface area contributed by atoms with E-state index in [1.807, 2.05) is 0 Å². The third kappa shape index (κ3) is 4.94. The molecule has 2 aliphatic rings. The lowest BCUT2D eigenvalue weighted by molar-refractivity contribution is 0.104. The molecule has 100 valence electrons. The van der Waals surface area contributed by atoms with Gasteiger partial charge in [0.25, 0.3) is 0 Å². The molecular weight excluding hydrogens is 210 g/mol. The molecule has 1 N–H and O–H groups in total. The third-order valence-corrected chi connectivity index (χ3v) is 4.21. The maximum absolute atomic E-state index is 3.59. The Morgan fingerprint density at radius 1 is 1.12 bits per heavy atom. The van der Waals surface area contributed by atoms with Crippen LogP contribution in [-0.2, 0) is 0 Å². The second kappa shape index (κ2) is 6.72. The Morgan fingerprint density at radius 3 is 2.65 bits per heavy atom. The minimum atomic E-state index is 0.736. The van der Waals surface area contributed by atoms with Crippen LogP contribution in [0.1, 0.15) is 39.0 Å². The Balaban J connectivity index is 1.44. The molecule has 17 heavy (non-hydrogen) atoms. The highest BCUT2D eigenvalue weighted by Gasteiger charge is 2.20. The molecule has 1 aliphatic carbocycles. The van der Waals surface area contributed by atoms with Crippen LogP contribution in [0.2, 0.25) is 0 Å². The Hall–Kier alpha value is -0.120. The number of unbranched alkanes of at least 4 members (excludes halogenated alkanes) is 2. The van der Waals surface area contributed by atoms with E-state index in [2.05, 4.69) is 29.1 Å². The van der Waals surface area contributed by atoms with Crippen LogP contribution in [0.4, 0.5) is 0 Å². The Morgan fingerprint density at radius 2 is 1.94 bits per heavy atom. The molecule has 1 heterocycles. The highest BCUT2D eigenvalue weighted by Crippen LogP contribution is 2.18. The molecule has 0 aromatic rings. The SMILES string of the molecule is CC1CN(CCCCCNC2CC2)CCN1C. The second-order valence-corrected chi connectivity index (χ2v) is 5.92. The Bertz CT molecular complexity index is 216. The molecule has 2 fully saturated rings. The van der Waals surface area contributed by atoms with Gasteiger partial charge in [-0.3, -0.25) is 0 Å². The van der Waals surface area contributed by atoms with E-state index in [-0.39, 0.29) is 0 Å². The number of nitrogens with zero attached hydrogens (tertiary/aromatic N) is 2. The quantitative estimate of drug-likeness (QED) is 0.680. The minimum absolute atomic E-state index is 0.736. The zero-order valence-corrected chi connectivity index (χ0v) is 11.6. The summed E-state index contributed by atoms with van der Waals surface area (Å²) in [5.41, 5.74) is 0. The van der Waals surface area contributed by atoms with Crippen LogP contribution in [0.15, 0.2) is 0 Å². The molecule has 1 unspecified atom stereocenters. The van der Waals surface area contributed by atoms with E-state index in [1.54, 1.807) is 0 Å². The number of hydrogen-bond acceptors (Lipinski definition) is 3. The lowest BCUT2D eigenvalue weighted by Crippen LogP contribution is -2.50. The number of hydrogen-bond donors (Lipinski definition) is 1. The van der Waals surface area contributed by atoms with Gasteiger partial charge in [0.2, 0.25) is 0 Å². The fourth-order valence-electron chi connectivity index (χ4n) is 2.56. The third-order valence-electron chi connectivity index (χ3n) is 4.21. The molecular formula is C14H29N3. The summed E-state index contributed by atoms with van der Waals surface area (Å²) in [6.07, 6.45) is 6.96. The highest BCUT2D eigenvalue weighted by molar-refractivity contribution is 4.80. The molecule has 1 saturated carbocycles. The molecule has 3 heteroatoms. The van der Waals surface area contributed by atoms with Crippen molar-refractivity contribution in [3.63, 3.8) is 0 Å². The fourth-order valence-corrected chi connectivity index (χ4v) is 2.56. The van der Waals surface area contributed by atoms with E-state index in [9.17, 15) is 0 Å². The van der Waals surface area contributed by atoms with Crippen molar-refractivity contribution < 1.29 is 0 Å². The predicted octanol–water partition coefficient (Wildman–Crippen LogP) is 1.54. The molecule has 0 amide bonds. The van der Waals surface area contributed by atoms with Crippen LogP contribution < -0.4 is 5.32 Å². The minimum Gasteiger partial charge on any atom is -0.314 e. The van der Waals surface area contributed by atoms with E-state index in [0.717, 1.165) is 12.1 Å². The van der Waals surface area contributed by atoms with Crippen molar-refractivity contribution in [2.75, 3.05) is 39.8 Å². The normalized spacial score (nSPS) is 27.5. The van der Waals surface area contributed by atoms with Gasteiger partial charge in [0.1, 0.15) is 0 Å². The Kier molecular flexibility index (Phi) is 5.26. The summed E-state index contributed by atoms with van der Waals surface area (Å²) in [4.78, 5) is 5.11. The van der Waals surface area contributed by atoms with E-state index in [1.165, 1.54) is 64.8 Å².